The summed E-state index contributed by atoms with van der Waals surface area (Å²) < 4.78 is 5.87. The Balaban J connectivity index is 2.84. The average Bonchev–Trinajstić information content (AvgIpc) is 2.27. The molecule has 0 fully saturated rings. The van der Waals surface area contributed by atoms with E-state index in [2.05, 4.69) is 27.4 Å². The molecule has 1 aromatic rings. The van der Waals surface area contributed by atoms with Gasteiger partial charge in [-0.15, -0.1) is 0 Å². The molecule has 0 aromatic heterocycles. The van der Waals surface area contributed by atoms with Crippen molar-refractivity contribution in [2.45, 2.75) is 26.4 Å². The van der Waals surface area contributed by atoms with Crippen molar-refractivity contribution in [3.8, 4) is 6.07 Å². The topological polar surface area (TPSA) is 65.4 Å². The van der Waals surface area contributed by atoms with E-state index in [0.717, 1.165) is 0 Å². The van der Waals surface area contributed by atoms with Crippen molar-refractivity contribution in [3.05, 3.63) is 28.2 Å². The van der Waals surface area contributed by atoms with Gasteiger partial charge >= 0.3 is 6.09 Å². The molecule has 0 radical (unpaired) electrons. The predicted octanol–water partition coefficient (Wildman–Crippen LogP) is 3.51. The second kappa shape index (κ2) is 5.93. The highest BCUT2D eigenvalue weighted by atomic mass is 79.9. The number of nitriles is 1. The van der Waals surface area contributed by atoms with Crippen LogP contribution in [0.2, 0.25) is 0 Å². The highest BCUT2D eigenvalue weighted by Crippen LogP contribution is 2.24. The fraction of sp³-hybridized carbons (Fsp3) is 0.385. The lowest BCUT2D eigenvalue weighted by Gasteiger charge is -2.25. The Labute approximate surface area is 121 Å². The Morgan fingerprint density at radius 3 is 2.63 bits per heavy atom. The molecule has 0 bridgehead atoms. The van der Waals surface area contributed by atoms with Gasteiger partial charge in [0, 0.05) is 11.5 Å². The first-order chi connectivity index (χ1) is 8.74. The molecular weight excluding hydrogens is 310 g/mol. The minimum Gasteiger partial charge on any atom is -0.442 e. The molecule has 0 atom stereocenters. The molecule has 0 saturated heterocycles. The lowest BCUT2D eigenvalue weighted by Crippen LogP contribution is -2.37. The third kappa shape index (κ3) is 4.45. The fourth-order valence-corrected chi connectivity index (χ4v) is 1.74. The van der Waals surface area contributed by atoms with Gasteiger partial charge in [-0.25, -0.2) is 9.80 Å². The van der Waals surface area contributed by atoms with E-state index in [1.165, 1.54) is 12.1 Å². The van der Waals surface area contributed by atoms with Crippen LogP contribution in [-0.2, 0) is 4.74 Å². The van der Waals surface area contributed by atoms with Gasteiger partial charge in [0.05, 0.1) is 11.3 Å². The van der Waals surface area contributed by atoms with Gasteiger partial charge in [0.1, 0.15) is 11.7 Å². The number of hydrogen-bond donors (Lipinski definition) is 1. The summed E-state index contributed by atoms with van der Waals surface area (Å²) >= 11 is 3.29. The SMILES string of the molecule is CN(Nc1cccc(Br)c1C#N)C(=O)OC(C)(C)C. The van der Waals surface area contributed by atoms with Gasteiger partial charge in [-0.05, 0) is 48.8 Å². The van der Waals surface area contributed by atoms with E-state index in [4.69, 9.17) is 10.00 Å². The van der Waals surface area contributed by atoms with E-state index < -0.39 is 11.7 Å². The Kier molecular flexibility index (Phi) is 4.78. The van der Waals surface area contributed by atoms with E-state index >= 15 is 0 Å². The number of nitrogens with one attached hydrogen (secondary N) is 1. The molecular formula is C13H16BrN3O2. The number of nitrogens with zero attached hydrogens (tertiary/aromatic N) is 2. The Morgan fingerprint density at radius 1 is 1.47 bits per heavy atom. The Morgan fingerprint density at radius 2 is 2.11 bits per heavy atom. The molecule has 0 unspecified atom stereocenters. The van der Waals surface area contributed by atoms with E-state index in [1.54, 1.807) is 39.0 Å². The minimum absolute atomic E-state index is 0.429. The number of carbonyl (C=O) groups is 1. The van der Waals surface area contributed by atoms with Gasteiger partial charge < -0.3 is 4.74 Å². The van der Waals surface area contributed by atoms with Crippen LogP contribution in [0.4, 0.5) is 10.5 Å². The zero-order chi connectivity index (χ0) is 14.6. The summed E-state index contributed by atoms with van der Waals surface area (Å²) in [6, 6.07) is 7.32. The number of rotatable bonds is 2. The largest absolute Gasteiger partial charge is 0.442 e. The van der Waals surface area contributed by atoms with E-state index in [9.17, 15) is 4.79 Å². The number of hydrazine groups is 1. The summed E-state index contributed by atoms with van der Waals surface area (Å²) in [5.41, 5.74) is 3.23. The predicted molar refractivity (Wildman–Crippen MR) is 76.5 cm³/mol. The molecule has 0 spiro atoms. The second-order valence-electron chi connectivity index (χ2n) is 4.93. The van der Waals surface area contributed by atoms with Crippen LogP contribution in [0.1, 0.15) is 26.3 Å². The first-order valence-electron chi connectivity index (χ1n) is 5.66. The van der Waals surface area contributed by atoms with Crippen LogP contribution in [0.5, 0.6) is 0 Å². The normalized spacial score (nSPS) is 10.5. The summed E-state index contributed by atoms with van der Waals surface area (Å²) in [5.74, 6) is 0. The summed E-state index contributed by atoms with van der Waals surface area (Å²) in [6.45, 7) is 5.37. The zero-order valence-electron chi connectivity index (χ0n) is 11.3. The third-order valence-electron chi connectivity index (χ3n) is 2.08. The molecule has 0 aliphatic heterocycles. The van der Waals surface area contributed by atoms with Gasteiger partial charge in [-0.1, -0.05) is 6.07 Å². The van der Waals surface area contributed by atoms with E-state index in [0.29, 0.717) is 15.7 Å². The molecule has 0 saturated carbocycles. The zero-order valence-corrected chi connectivity index (χ0v) is 12.9. The molecule has 1 rings (SSSR count). The first kappa shape index (κ1) is 15.3. The molecule has 19 heavy (non-hydrogen) atoms. The van der Waals surface area contributed by atoms with Crippen LogP contribution in [0.25, 0.3) is 0 Å². The van der Waals surface area contributed by atoms with Crippen LogP contribution < -0.4 is 5.43 Å². The van der Waals surface area contributed by atoms with Gasteiger partial charge in [-0.3, -0.25) is 5.43 Å². The number of ether oxygens (including phenoxy) is 1. The monoisotopic (exact) mass is 325 g/mol. The van der Waals surface area contributed by atoms with Gasteiger partial charge in [0.2, 0.25) is 0 Å². The quantitative estimate of drug-likeness (QED) is 0.845. The van der Waals surface area contributed by atoms with Crippen LogP contribution in [0.3, 0.4) is 0 Å². The fourth-order valence-electron chi connectivity index (χ4n) is 1.29. The standard InChI is InChI=1S/C13H16BrN3O2/c1-13(2,3)19-12(18)17(4)16-11-7-5-6-10(14)9(11)8-15/h5-7,16H,1-4H3. The second-order valence-corrected chi connectivity index (χ2v) is 5.78. The maximum absolute atomic E-state index is 11.8. The summed E-state index contributed by atoms with van der Waals surface area (Å²) in [5, 5.41) is 10.3. The van der Waals surface area contributed by atoms with Crippen molar-refractivity contribution in [1.29, 1.82) is 5.26 Å². The average molecular weight is 326 g/mol. The highest BCUT2D eigenvalue weighted by molar-refractivity contribution is 9.10. The molecule has 1 N–H and O–H groups in total. The highest BCUT2D eigenvalue weighted by Gasteiger charge is 2.20. The molecule has 102 valence electrons. The lowest BCUT2D eigenvalue weighted by atomic mass is 10.2. The van der Waals surface area contributed by atoms with Gasteiger partial charge in [0.15, 0.2) is 0 Å². The molecule has 5 nitrogen and oxygen atoms in total. The van der Waals surface area contributed by atoms with Crippen molar-refractivity contribution in [3.63, 3.8) is 0 Å². The van der Waals surface area contributed by atoms with Crippen LogP contribution in [-0.4, -0.2) is 23.8 Å². The van der Waals surface area contributed by atoms with Crippen LogP contribution in [0.15, 0.2) is 22.7 Å². The number of carbonyl (C=O) groups excluding carboxylic acids is 1. The Bertz CT molecular complexity index is 518. The lowest BCUT2D eigenvalue weighted by molar-refractivity contribution is 0.0339. The molecule has 1 amide bonds. The molecule has 0 heterocycles. The first-order valence-corrected chi connectivity index (χ1v) is 6.46. The number of hydrogen-bond acceptors (Lipinski definition) is 4. The maximum Gasteiger partial charge on any atom is 0.428 e. The van der Waals surface area contributed by atoms with Crippen molar-refractivity contribution in [2.24, 2.45) is 0 Å². The molecule has 1 aromatic carbocycles. The summed E-state index contributed by atoms with van der Waals surface area (Å²) in [7, 11) is 1.54. The van der Waals surface area contributed by atoms with Crippen LogP contribution >= 0.6 is 15.9 Å². The van der Waals surface area contributed by atoms with Crippen molar-refractivity contribution >= 4 is 27.7 Å². The number of anilines is 1. The number of amides is 1. The Hall–Kier alpha value is -1.74. The smallest absolute Gasteiger partial charge is 0.428 e. The van der Waals surface area contributed by atoms with Gasteiger partial charge in [-0.2, -0.15) is 5.26 Å². The number of halogens is 1. The van der Waals surface area contributed by atoms with Crippen molar-refractivity contribution in [2.75, 3.05) is 12.5 Å². The van der Waals surface area contributed by atoms with E-state index in [-0.39, 0.29) is 0 Å². The van der Waals surface area contributed by atoms with Crippen molar-refractivity contribution in [1.82, 2.24) is 5.01 Å². The number of benzene rings is 1. The third-order valence-corrected chi connectivity index (χ3v) is 2.74. The van der Waals surface area contributed by atoms with Gasteiger partial charge in [0.25, 0.3) is 0 Å². The van der Waals surface area contributed by atoms with E-state index in [1.807, 2.05) is 0 Å². The maximum atomic E-state index is 11.8. The molecule has 0 aliphatic carbocycles. The molecule has 0 aliphatic rings. The molecule has 6 heteroatoms. The summed E-state index contributed by atoms with van der Waals surface area (Å²) in [6.07, 6.45) is -0.517. The minimum atomic E-state index is -0.567. The van der Waals surface area contributed by atoms with Crippen molar-refractivity contribution < 1.29 is 9.53 Å². The summed E-state index contributed by atoms with van der Waals surface area (Å²) in [4.78, 5) is 11.8. The van der Waals surface area contributed by atoms with Crippen LogP contribution in [0, 0.1) is 11.3 Å².